The van der Waals surface area contributed by atoms with E-state index in [0.29, 0.717) is 0 Å². The molecule has 1 N–H and O–H groups in total. The number of sulfonamides is 1. The molecular formula is C27H24F3NO5S2. The van der Waals surface area contributed by atoms with Crippen molar-refractivity contribution >= 4 is 25.5 Å². The van der Waals surface area contributed by atoms with E-state index >= 15 is 0 Å². The van der Waals surface area contributed by atoms with Crippen LogP contribution in [0.15, 0.2) is 88.7 Å². The first-order valence-corrected chi connectivity index (χ1v) is 14.9. The second-order valence-electron chi connectivity index (χ2n) is 9.06. The number of para-hydroxylation sites is 1. The largest absolute Gasteiger partial charge is 0.433 e. The van der Waals surface area contributed by atoms with Crippen molar-refractivity contribution in [3.8, 4) is 11.8 Å². The summed E-state index contributed by atoms with van der Waals surface area (Å²) in [5.74, 6) is 4.14. The lowest BCUT2D eigenvalue weighted by atomic mass is 9.91. The molecule has 0 radical (unpaired) electrons. The monoisotopic (exact) mass is 563 g/mol. The highest BCUT2D eigenvalue weighted by Crippen LogP contribution is 2.44. The summed E-state index contributed by atoms with van der Waals surface area (Å²) in [6.45, 7) is -0.0530. The molecular weight excluding hydrogens is 539 g/mol. The fourth-order valence-electron chi connectivity index (χ4n) is 3.82. The van der Waals surface area contributed by atoms with Gasteiger partial charge in [0.05, 0.1) is 15.5 Å². The predicted octanol–water partition coefficient (Wildman–Crippen LogP) is 4.50. The molecule has 1 fully saturated rings. The average Bonchev–Trinajstić information content (AvgIpc) is 3.70. The highest BCUT2D eigenvalue weighted by atomic mass is 32.2. The third-order valence-corrected chi connectivity index (χ3v) is 9.02. The SMILES string of the molecule is CS(=O)(=O)c1ccc(C#CC(O)(c2ccccc2N(CC2CC2)S(=O)(=O)c2ccccc2)C(F)(F)F)cc1. The van der Waals surface area contributed by atoms with Crippen molar-refractivity contribution in [3.05, 3.63) is 90.0 Å². The zero-order valence-corrected chi connectivity index (χ0v) is 21.8. The van der Waals surface area contributed by atoms with Crippen LogP contribution in [0.2, 0.25) is 0 Å². The molecule has 38 heavy (non-hydrogen) atoms. The number of nitrogens with zero attached hydrogens (tertiary/aromatic N) is 1. The number of hydrogen-bond donors (Lipinski definition) is 1. The first-order valence-electron chi connectivity index (χ1n) is 11.5. The van der Waals surface area contributed by atoms with Gasteiger partial charge in [-0.05, 0) is 67.1 Å². The minimum atomic E-state index is -5.30. The van der Waals surface area contributed by atoms with Crippen molar-refractivity contribution in [2.24, 2.45) is 5.92 Å². The molecule has 0 saturated heterocycles. The normalized spacial score (nSPS) is 15.7. The summed E-state index contributed by atoms with van der Waals surface area (Å²) in [6, 6.07) is 17.1. The van der Waals surface area contributed by atoms with Crippen LogP contribution >= 0.6 is 0 Å². The van der Waals surface area contributed by atoms with Gasteiger partial charge in [0, 0.05) is 23.9 Å². The van der Waals surface area contributed by atoms with Crippen LogP contribution in [0.1, 0.15) is 24.0 Å². The minimum Gasteiger partial charge on any atom is -0.366 e. The van der Waals surface area contributed by atoms with E-state index < -0.39 is 37.2 Å². The second-order valence-corrected chi connectivity index (χ2v) is 12.9. The van der Waals surface area contributed by atoms with E-state index in [2.05, 4.69) is 5.92 Å². The molecule has 4 rings (SSSR count). The predicted molar refractivity (Wildman–Crippen MR) is 137 cm³/mol. The van der Waals surface area contributed by atoms with Crippen molar-refractivity contribution in [2.45, 2.75) is 34.4 Å². The number of halogens is 3. The van der Waals surface area contributed by atoms with E-state index in [0.717, 1.165) is 29.5 Å². The molecule has 11 heteroatoms. The molecule has 200 valence electrons. The van der Waals surface area contributed by atoms with Crippen molar-refractivity contribution in [1.29, 1.82) is 0 Å². The highest BCUT2D eigenvalue weighted by Gasteiger charge is 2.56. The van der Waals surface area contributed by atoms with Gasteiger partial charge in [-0.15, -0.1) is 0 Å². The Balaban J connectivity index is 1.85. The van der Waals surface area contributed by atoms with E-state index in [-0.39, 0.29) is 33.5 Å². The highest BCUT2D eigenvalue weighted by molar-refractivity contribution is 7.92. The molecule has 0 aliphatic heterocycles. The molecule has 1 saturated carbocycles. The lowest BCUT2D eigenvalue weighted by Crippen LogP contribution is -2.43. The topological polar surface area (TPSA) is 91.8 Å². The maximum Gasteiger partial charge on any atom is 0.433 e. The van der Waals surface area contributed by atoms with Crippen LogP contribution < -0.4 is 4.31 Å². The van der Waals surface area contributed by atoms with E-state index in [1.807, 2.05) is 5.92 Å². The quantitative estimate of drug-likeness (QED) is 0.428. The molecule has 1 unspecified atom stereocenters. The molecule has 0 amide bonds. The maximum atomic E-state index is 14.5. The van der Waals surface area contributed by atoms with Crippen LogP contribution in [0, 0.1) is 17.8 Å². The molecule has 0 spiro atoms. The van der Waals surface area contributed by atoms with Crippen LogP contribution in [0.5, 0.6) is 0 Å². The lowest BCUT2D eigenvalue weighted by Gasteiger charge is -2.32. The van der Waals surface area contributed by atoms with Gasteiger partial charge in [0.15, 0.2) is 9.84 Å². The molecule has 3 aromatic rings. The fraction of sp³-hybridized carbons (Fsp3) is 0.259. The minimum absolute atomic E-state index is 0.0278. The zero-order valence-electron chi connectivity index (χ0n) is 20.2. The molecule has 1 atom stereocenters. The summed E-state index contributed by atoms with van der Waals surface area (Å²) in [7, 11) is -7.80. The van der Waals surface area contributed by atoms with E-state index in [1.165, 1.54) is 66.7 Å². The molecule has 6 nitrogen and oxygen atoms in total. The van der Waals surface area contributed by atoms with Gasteiger partial charge in [-0.2, -0.15) is 13.2 Å². The van der Waals surface area contributed by atoms with Gasteiger partial charge in [-0.1, -0.05) is 42.3 Å². The summed E-state index contributed by atoms with van der Waals surface area (Å²) in [4.78, 5) is -0.135. The third-order valence-electron chi connectivity index (χ3n) is 6.10. The van der Waals surface area contributed by atoms with Gasteiger partial charge in [0.1, 0.15) is 0 Å². The fourth-order valence-corrected chi connectivity index (χ4v) is 6.03. The van der Waals surface area contributed by atoms with Crippen LogP contribution in [-0.4, -0.2) is 40.9 Å². The number of rotatable bonds is 7. The van der Waals surface area contributed by atoms with Crippen molar-refractivity contribution in [1.82, 2.24) is 0 Å². The standard InChI is InChI=1S/C27H24F3NO5S2/c1-37(33,34)22-15-13-20(14-16-22)17-18-26(32,27(28,29)30)24-9-5-6-10-25(24)31(19-21-11-12-21)38(35,36)23-7-3-2-4-8-23/h2-10,13-16,21,32H,11-12,19H2,1H3. The van der Waals surface area contributed by atoms with Gasteiger partial charge in [-0.25, -0.2) is 16.8 Å². The molecule has 0 aromatic heterocycles. The van der Waals surface area contributed by atoms with E-state index in [9.17, 15) is 35.1 Å². The van der Waals surface area contributed by atoms with Crippen LogP contribution in [0.3, 0.4) is 0 Å². The third kappa shape index (κ3) is 5.72. The Kier molecular flexibility index (Phi) is 7.36. The second kappa shape index (κ2) is 10.1. The Morgan fingerprint density at radius 1 is 0.868 bits per heavy atom. The van der Waals surface area contributed by atoms with Gasteiger partial charge in [0.25, 0.3) is 15.6 Å². The Labute approximate surface area is 219 Å². The Morgan fingerprint density at radius 3 is 2.00 bits per heavy atom. The Morgan fingerprint density at radius 2 is 1.45 bits per heavy atom. The molecule has 3 aromatic carbocycles. The summed E-state index contributed by atoms with van der Waals surface area (Å²) >= 11 is 0. The summed E-state index contributed by atoms with van der Waals surface area (Å²) in [5, 5.41) is 11.1. The van der Waals surface area contributed by atoms with Gasteiger partial charge < -0.3 is 5.11 Å². The summed E-state index contributed by atoms with van der Waals surface area (Å²) < 4.78 is 94.8. The Hall–Kier alpha value is -3.33. The van der Waals surface area contributed by atoms with E-state index in [1.54, 1.807) is 6.07 Å². The van der Waals surface area contributed by atoms with Gasteiger partial charge in [-0.3, -0.25) is 4.31 Å². The smallest absolute Gasteiger partial charge is 0.366 e. The summed E-state index contributed by atoms with van der Waals surface area (Å²) in [6.07, 6.45) is -2.85. The average molecular weight is 564 g/mol. The Bertz CT molecular complexity index is 1590. The first-order chi connectivity index (χ1) is 17.7. The van der Waals surface area contributed by atoms with E-state index in [4.69, 9.17) is 0 Å². The number of sulfone groups is 1. The van der Waals surface area contributed by atoms with Crippen LogP contribution in [0.25, 0.3) is 0 Å². The number of benzene rings is 3. The number of anilines is 1. The van der Waals surface area contributed by atoms with Crippen molar-refractivity contribution in [2.75, 3.05) is 17.1 Å². The van der Waals surface area contributed by atoms with Gasteiger partial charge >= 0.3 is 6.18 Å². The number of aliphatic hydroxyl groups is 1. The van der Waals surface area contributed by atoms with Crippen molar-refractivity contribution in [3.63, 3.8) is 0 Å². The number of alkyl halides is 3. The maximum absolute atomic E-state index is 14.5. The molecule has 0 heterocycles. The number of hydrogen-bond acceptors (Lipinski definition) is 5. The molecule has 1 aliphatic rings. The zero-order chi connectivity index (χ0) is 27.8. The lowest BCUT2D eigenvalue weighted by molar-refractivity contribution is -0.240. The molecule has 0 bridgehead atoms. The summed E-state index contributed by atoms with van der Waals surface area (Å²) in [5.41, 5.74) is -4.75. The molecule has 1 aliphatic carbocycles. The van der Waals surface area contributed by atoms with Crippen LogP contribution in [-0.2, 0) is 25.5 Å². The first kappa shape index (κ1) is 27.7. The van der Waals surface area contributed by atoms with Crippen LogP contribution in [0.4, 0.5) is 18.9 Å². The van der Waals surface area contributed by atoms with Gasteiger partial charge in [0.2, 0.25) is 0 Å². The van der Waals surface area contributed by atoms with Crippen molar-refractivity contribution < 1.29 is 35.1 Å².